The number of rotatable bonds is 9. The minimum absolute atomic E-state index is 0.395. The Morgan fingerprint density at radius 2 is 1.75 bits per heavy atom. The highest BCUT2D eigenvalue weighted by Crippen LogP contribution is 2.37. The lowest BCUT2D eigenvalue weighted by molar-refractivity contribution is 0.263. The fourth-order valence-electron chi connectivity index (χ4n) is 2.96. The van der Waals surface area contributed by atoms with Gasteiger partial charge < -0.3 is 5.11 Å². The van der Waals surface area contributed by atoms with E-state index in [1.807, 2.05) is 12.1 Å². The second-order valence-corrected chi connectivity index (χ2v) is 8.95. The Balaban J connectivity index is 2.33. The van der Waals surface area contributed by atoms with Crippen LogP contribution in [-0.2, 0) is 13.0 Å². The topological polar surface area (TPSA) is 23.5 Å². The van der Waals surface area contributed by atoms with E-state index in [0.29, 0.717) is 5.75 Å². The van der Waals surface area contributed by atoms with E-state index in [-0.39, 0.29) is 0 Å². The van der Waals surface area contributed by atoms with E-state index in [0.717, 1.165) is 54.7 Å². The maximum absolute atomic E-state index is 10.3. The summed E-state index contributed by atoms with van der Waals surface area (Å²) in [4.78, 5) is 3.70. The summed E-state index contributed by atoms with van der Waals surface area (Å²) in [5.74, 6) is 0.395. The molecule has 0 aliphatic carbocycles. The van der Waals surface area contributed by atoms with Gasteiger partial charge in [-0.2, -0.15) is 0 Å². The summed E-state index contributed by atoms with van der Waals surface area (Å²) in [7, 11) is 3.46. The highest BCUT2D eigenvalue weighted by atomic mass is 32.9. The molecular formula is C19H27NOS3. The Kier molecular flexibility index (Phi) is 7.88. The number of hydrogen-bond acceptors (Lipinski definition) is 5. The Labute approximate surface area is 158 Å². The number of aromatic hydroxyl groups is 1. The molecule has 0 saturated heterocycles. The van der Waals surface area contributed by atoms with Crippen molar-refractivity contribution in [1.29, 1.82) is 0 Å². The van der Waals surface area contributed by atoms with Crippen molar-refractivity contribution in [2.75, 3.05) is 13.1 Å². The van der Waals surface area contributed by atoms with Gasteiger partial charge in [-0.25, -0.2) is 0 Å². The summed E-state index contributed by atoms with van der Waals surface area (Å²) in [6, 6.07) is 6.01. The second-order valence-electron chi connectivity index (χ2n) is 6.13. The smallest absolute Gasteiger partial charge is 0.120 e. The predicted molar refractivity (Wildman–Crippen MR) is 110 cm³/mol. The number of benzene rings is 1. The van der Waals surface area contributed by atoms with Crippen LogP contribution in [-0.4, -0.2) is 23.1 Å². The summed E-state index contributed by atoms with van der Waals surface area (Å²) >= 11 is 5.51. The number of hydrogen-bond donors (Lipinski definition) is 1. The zero-order valence-corrected chi connectivity index (χ0v) is 17.3. The van der Waals surface area contributed by atoms with E-state index >= 15 is 0 Å². The Hall–Kier alpha value is -0.750. The molecule has 2 rings (SSSR count). The third kappa shape index (κ3) is 4.88. The van der Waals surface area contributed by atoms with E-state index in [1.54, 1.807) is 20.7 Å². The first kappa shape index (κ1) is 19.6. The number of nitrogens with zero attached hydrogens (tertiary/aromatic N) is 1. The highest BCUT2D eigenvalue weighted by molar-refractivity contribution is 7.80. The lowest BCUT2D eigenvalue weighted by Gasteiger charge is -2.21. The van der Waals surface area contributed by atoms with Crippen LogP contribution in [0.5, 0.6) is 5.75 Å². The van der Waals surface area contributed by atoms with Crippen molar-refractivity contribution in [3.05, 3.63) is 33.1 Å². The van der Waals surface area contributed by atoms with E-state index in [2.05, 4.69) is 31.7 Å². The molecule has 0 amide bonds. The molecular weight excluding hydrogens is 354 g/mol. The molecule has 2 nitrogen and oxygen atoms in total. The molecule has 24 heavy (non-hydrogen) atoms. The molecule has 0 fully saturated rings. The Morgan fingerprint density at radius 1 is 1.04 bits per heavy atom. The van der Waals surface area contributed by atoms with Gasteiger partial charge in [-0.05, 0) is 61.7 Å². The summed E-state index contributed by atoms with van der Waals surface area (Å²) in [6.45, 7) is 9.53. The van der Waals surface area contributed by atoms with Gasteiger partial charge in [0.25, 0.3) is 0 Å². The van der Waals surface area contributed by atoms with Crippen LogP contribution in [0.15, 0.2) is 18.2 Å². The molecule has 0 spiro atoms. The van der Waals surface area contributed by atoms with Crippen molar-refractivity contribution in [3.63, 3.8) is 0 Å². The molecule has 0 saturated carbocycles. The average molecular weight is 382 g/mol. The molecule has 0 aliphatic rings. The van der Waals surface area contributed by atoms with Crippen molar-refractivity contribution in [2.24, 2.45) is 0 Å². The van der Waals surface area contributed by atoms with E-state index in [1.165, 1.54) is 16.0 Å². The molecule has 5 heteroatoms. The molecule has 0 unspecified atom stereocenters. The van der Waals surface area contributed by atoms with Crippen LogP contribution < -0.4 is 0 Å². The van der Waals surface area contributed by atoms with Gasteiger partial charge in [0, 0.05) is 12.1 Å². The maximum Gasteiger partial charge on any atom is 0.120 e. The van der Waals surface area contributed by atoms with Crippen LogP contribution >= 0.6 is 32.9 Å². The minimum atomic E-state index is 0.395. The largest absolute Gasteiger partial charge is 0.508 e. The maximum atomic E-state index is 10.3. The lowest BCUT2D eigenvalue weighted by Crippen LogP contribution is -2.24. The summed E-state index contributed by atoms with van der Waals surface area (Å²) < 4.78 is 1.02. The molecule has 0 bridgehead atoms. The summed E-state index contributed by atoms with van der Waals surface area (Å²) in [5, 5.41) is 10.3. The highest BCUT2D eigenvalue weighted by Gasteiger charge is 2.14. The van der Waals surface area contributed by atoms with Crippen molar-refractivity contribution < 1.29 is 5.11 Å². The first-order chi connectivity index (χ1) is 11.6. The molecule has 0 aliphatic heterocycles. The molecule has 2 aromatic rings. The fraction of sp³-hybridized carbons (Fsp3) is 0.526. The van der Waals surface area contributed by atoms with Gasteiger partial charge in [-0.1, -0.05) is 60.1 Å². The quantitative estimate of drug-likeness (QED) is 0.397. The molecule has 0 atom stereocenters. The van der Waals surface area contributed by atoms with Gasteiger partial charge in [0.2, 0.25) is 0 Å². The summed E-state index contributed by atoms with van der Waals surface area (Å²) in [5.41, 5.74) is 3.51. The van der Waals surface area contributed by atoms with E-state index in [9.17, 15) is 5.11 Å². The van der Waals surface area contributed by atoms with Gasteiger partial charge in [-0.15, -0.1) is 0 Å². The monoisotopic (exact) mass is 381 g/mol. The zero-order chi connectivity index (χ0) is 17.5. The van der Waals surface area contributed by atoms with Crippen LogP contribution in [0.4, 0.5) is 0 Å². The lowest BCUT2D eigenvalue weighted by atomic mass is 10.0. The van der Waals surface area contributed by atoms with E-state index < -0.39 is 0 Å². The van der Waals surface area contributed by atoms with Gasteiger partial charge in [-0.3, -0.25) is 4.90 Å². The molecule has 1 heterocycles. The number of phenolic OH excluding ortho intramolecular Hbond substituents is 1. The average Bonchev–Trinajstić information content (AvgIpc) is 2.92. The van der Waals surface area contributed by atoms with Crippen molar-refractivity contribution in [1.82, 2.24) is 4.90 Å². The zero-order valence-electron chi connectivity index (χ0n) is 14.8. The molecule has 1 N–H and O–H groups in total. The van der Waals surface area contributed by atoms with Crippen molar-refractivity contribution in [3.8, 4) is 16.2 Å². The molecule has 132 valence electrons. The fourth-order valence-corrected chi connectivity index (χ4v) is 5.96. The molecule has 1 aromatic heterocycles. The predicted octanol–water partition coefficient (Wildman–Crippen LogP) is 6.49. The first-order valence-electron chi connectivity index (χ1n) is 8.77. The van der Waals surface area contributed by atoms with Crippen LogP contribution in [0.2, 0.25) is 0 Å². The van der Waals surface area contributed by atoms with Crippen LogP contribution in [0.25, 0.3) is 10.4 Å². The van der Waals surface area contributed by atoms with Gasteiger partial charge in [0.05, 0.1) is 4.88 Å². The summed E-state index contributed by atoms with van der Waals surface area (Å²) in [6.07, 6.45) is 4.40. The van der Waals surface area contributed by atoms with Gasteiger partial charge in [0.15, 0.2) is 0 Å². The van der Waals surface area contributed by atoms with Gasteiger partial charge >= 0.3 is 0 Å². The van der Waals surface area contributed by atoms with Crippen LogP contribution in [0.1, 0.15) is 51.2 Å². The molecule has 1 aromatic carbocycles. The van der Waals surface area contributed by atoms with Gasteiger partial charge in [0.1, 0.15) is 9.57 Å². The second kappa shape index (κ2) is 9.66. The SMILES string of the molecule is CCCc1c(-c2ccc(O)c(CN(CCC)CCC)c2)ssc1=S. The van der Waals surface area contributed by atoms with E-state index in [4.69, 9.17) is 12.2 Å². The Bertz CT molecular complexity index is 699. The third-order valence-corrected chi connectivity index (χ3v) is 7.23. The standard InChI is InChI=1S/C19H27NOS3/c1-4-7-16-18(23-24-19(16)22)14-8-9-17(21)15(12-14)13-20(10-5-2)11-6-3/h8-9,12,21H,4-7,10-11,13H2,1-3H3. The van der Waals surface area contributed by atoms with Crippen LogP contribution in [0.3, 0.4) is 0 Å². The first-order valence-corrected chi connectivity index (χ1v) is 11.3. The number of phenols is 1. The Morgan fingerprint density at radius 3 is 2.38 bits per heavy atom. The minimum Gasteiger partial charge on any atom is -0.508 e. The normalized spacial score (nSPS) is 11.3. The molecule has 0 radical (unpaired) electrons. The van der Waals surface area contributed by atoms with Crippen LogP contribution in [0, 0.1) is 3.82 Å². The van der Waals surface area contributed by atoms with Crippen molar-refractivity contribution in [2.45, 2.75) is 53.0 Å². The van der Waals surface area contributed by atoms with Crippen molar-refractivity contribution >= 4 is 32.9 Å². The third-order valence-electron chi connectivity index (χ3n) is 4.04.